The summed E-state index contributed by atoms with van der Waals surface area (Å²) in [4.78, 5) is 3.78. The van der Waals surface area contributed by atoms with Crippen LogP contribution in [0.4, 0.5) is 10.8 Å². The Morgan fingerprint density at radius 2 is 2.26 bits per heavy atom. The second kappa shape index (κ2) is 5.11. The summed E-state index contributed by atoms with van der Waals surface area (Å²) in [6, 6.07) is 0. The van der Waals surface area contributed by atoms with E-state index in [1.54, 1.807) is 0 Å². The van der Waals surface area contributed by atoms with Crippen molar-refractivity contribution in [3.05, 3.63) is 12.2 Å². The number of nitrogens with zero attached hydrogens (tertiary/aromatic N) is 4. The molecule has 0 amide bonds. The van der Waals surface area contributed by atoms with Gasteiger partial charge >= 0.3 is 0 Å². The first kappa shape index (κ1) is 13.7. The summed E-state index contributed by atoms with van der Waals surface area (Å²) in [5, 5.41) is 6.84. The molecule has 2 rings (SSSR count). The third-order valence-corrected chi connectivity index (χ3v) is 5.07. The van der Waals surface area contributed by atoms with E-state index in [-0.39, 0.29) is 17.3 Å². The molecular weight excluding hydrogens is 292 g/mol. The molecule has 3 N–H and O–H groups in total. The van der Waals surface area contributed by atoms with Gasteiger partial charge < -0.3 is 15.6 Å². The van der Waals surface area contributed by atoms with E-state index in [0.717, 1.165) is 15.8 Å². The van der Waals surface area contributed by atoms with Crippen molar-refractivity contribution in [2.24, 2.45) is 0 Å². The van der Waals surface area contributed by atoms with Crippen molar-refractivity contribution >= 4 is 32.4 Å². The quantitative estimate of drug-likeness (QED) is 0.788. The maximum Gasteiger partial charge on any atom is 0.249 e. The molecule has 0 radical (unpaired) electrons. The molecule has 0 fully saturated rings. The van der Waals surface area contributed by atoms with Gasteiger partial charge in [-0.1, -0.05) is 5.16 Å². The number of hydrogen-bond donors (Lipinski definition) is 2. The maximum atomic E-state index is 12.1. The lowest BCUT2D eigenvalue weighted by Gasteiger charge is -2.12. The Hall–Kier alpha value is -1.72. The summed E-state index contributed by atoms with van der Waals surface area (Å²) < 4.78 is 33.7. The Morgan fingerprint density at radius 3 is 2.84 bits per heavy atom. The minimum absolute atomic E-state index is 0.0330. The van der Waals surface area contributed by atoms with E-state index in [4.69, 9.17) is 5.73 Å². The zero-order valence-electron chi connectivity index (χ0n) is 10.2. The lowest BCUT2D eigenvalue weighted by atomic mass is 10.5. The number of nitrogens with two attached hydrogens (primary N) is 1. The van der Waals surface area contributed by atoms with Crippen molar-refractivity contribution in [2.75, 3.05) is 25.1 Å². The van der Waals surface area contributed by atoms with Gasteiger partial charge in [0.05, 0.1) is 6.54 Å². The van der Waals surface area contributed by atoms with Crippen LogP contribution in [0.2, 0.25) is 0 Å². The van der Waals surface area contributed by atoms with E-state index in [1.165, 1.54) is 20.5 Å². The molecule has 0 aromatic carbocycles. The lowest BCUT2D eigenvalue weighted by Crippen LogP contribution is -2.23. The molecule has 9 nitrogen and oxygen atoms in total. The number of rotatable bonds is 5. The Kier molecular flexibility index (Phi) is 3.68. The standard InChI is InChI=1S/C8H12N6O3S2/c1-14(2)19(15,16)6-7(9)13-18-8(6)10-3-5-11-4-17-12-5/h4,10H,3H2,1-2H3,(H2,9,13). The van der Waals surface area contributed by atoms with Gasteiger partial charge in [-0.3, -0.25) is 0 Å². The second-order valence-corrected chi connectivity index (χ2v) is 6.58. The monoisotopic (exact) mass is 304 g/mol. The zero-order chi connectivity index (χ0) is 14.0. The van der Waals surface area contributed by atoms with Gasteiger partial charge in [0.15, 0.2) is 16.5 Å². The third kappa shape index (κ3) is 2.67. The first-order valence-corrected chi connectivity index (χ1v) is 7.31. The predicted molar refractivity (Wildman–Crippen MR) is 69.0 cm³/mol. The molecule has 0 aliphatic carbocycles. The molecule has 0 bridgehead atoms. The Morgan fingerprint density at radius 1 is 1.53 bits per heavy atom. The van der Waals surface area contributed by atoms with E-state index in [9.17, 15) is 8.42 Å². The summed E-state index contributed by atoms with van der Waals surface area (Å²) in [5.74, 6) is 0.370. The molecule has 0 aliphatic rings. The number of hydrogen-bond acceptors (Lipinski definition) is 9. The average Bonchev–Trinajstić information content (AvgIpc) is 2.95. The van der Waals surface area contributed by atoms with Crippen LogP contribution in [0.3, 0.4) is 0 Å². The molecule has 0 saturated heterocycles. The highest BCUT2D eigenvalue weighted by atomic mass is 32.2. The fraction of sp³-hybridized carbons (Fsp3) is 0.375. The minimum Gasteiger partial charge on any atom is -0.382 e. The maximum absolute atomic E-state index is 12.1. The van der Waals surface area contributed by atoms with Crippen LogP contribution in [0.1, 0.15) is 5.82 Å². The van der Waals surface area contributed by atoms with Crippen LogP contribution in [-0.4, -0.2) is 41.3 Å². The molecule has 0 aliphatic heterocycles. The first-order valence-electron chi connectivity index (χ1n) is 5.09. The van der Waals surface area contributed by atoms with Crippen molar-refractivity contribution in [1.29, 1.82) is 0 Å². The normalized spacial score (nSPS) is 11.9. The summed E-state index contributed by atoms with van der Waals surface area (Å²) in [6.07, 6.45) is 1.19. The minimum atomic E-state index is -3.66. The van der Waals surface area contributed by atoms with Gasteiger partial charge in [-0.15, -0.1) is 0 Å². The van der Waals surface area contributed by atoms with E-state index < -0.39 is 10.0 Å². The molecule has 104 valence electrons. The summed E-state index contributed by atoms with van der Waals surface area (Å²) in [7, 11) is -0.804. The van der Waals surface area contributed by atoms with E-state index in [0.29, 0.717) is 10.8 Å². The second-order valence-electron chi connectivity index (χ2n) is 3.71. The molecule has 2 heterocycles. The SMILES string of the molecule is CN(C)S(=O)(=O)c1c(N)nsc1NCc1ncon1. The third-order valence-electron chi connectivity index (χ3n) is 2.23. The Labute approximate surface area is 113 Å². The van der Waals surface area contributed by atoms with Crippen LogP contribution in [0.25, 0.3) is 0 Å². The Bertz CT molecular complexity index is 648. The fourth-order valence-corrected chi connectivity index (χ4v) is 3.34. The molecule has 2 aromatic heterocycles. The topological polar surface area (TPSA) is 127 Å². The molecule has 11 heteroatoms. The van der Waals surface area contributed by atoms with Gasteiger partial charge in [-0.25, -0.2) is 12.7 Å². The van der Waals surface area contributed by atoms with Crippen molar-refractivity contribution in [1.82, 2.24) is 18.8 Å². The number of sulfonamides is 1. The molecule has 0 saturated carbocycles. The van der Waals surface area contributed by atoms with Crippen LogP contribution in [0, 0.1) is 0 Å². The highest BCUT2D eigenvalue weighted by molar-refractivity contribution is 7.89. The highest BCUT2D eigenvalue weighted by Gasteiger charge is 2.27. The highest BCUT2D eigenvalue weighted by Crippen LogP contribution is 2.33. The van der Waals surface area contributed by atoms with Crippen LogP contribution in [-0.2, 0) is 16.6 Å². The van der Waals surface area contributed by atoms with Crippen LogP contribution in [0.15, 0.2) is 15.8 Å². The largest absolute Gasteiger partial charge is 0.382 e. The van der Waals surface area contributed by atoms with Gasteiger partial charge in [-0.05, 0) is 11.5 Å². The molecule has 19 heavy (non-hydrogen) atoms. The smallest absolute Gasteiger partial charge is 0.249 e. The molecule has 2 aromatic rings. The van der Waals surface area contributed by atoms with Gasteiger partial charge in [0.25, 0.3) is 0 Å². The summed E-state index contributed by atoms with van der Waals surface area (Å²) >= 11 is 0.964. The molecule has 0 spiro atoms. The number of nitrogen functional groups attached to an aromatic ring is 1. The zero-order valence-corrected chi connectivity index (χ0v) is 11.8. The van der Waals surface area contributed by atoms with Crippen LogP contribution < -0.4 is 11.1 Å². The van der Waals surface area contributed by atoms with Gasteiger partial charge in [0.2, 0.25) is 16.4 Å². The van der Waals surface area contributed by atoms with Crippen LogP contribution >= 0.6 is 11.5 Å². The predicted octanol–water partition coefficient (Wildman–Crippen LogP) is -0.0293. The van der Waals surface area contributed by atoms with Crippen molar-refractivity contribution in [2.45, 2.75) is 11.4 Å². The average molecular weight is 304 g/mol. The Balaban J connectivity index is 2.28. The summed E-state index contributed by atoms with van der Waals surface area (Å²) in [5.41, 5.74) is 5.62. The number of anilines is 2. The molecule has 0 atom stereocenters. The lowest BCUT2D eigenvalue weighted by molar-refractivity contribution is 0.411. The van der Waals surface area contributed by atoms with Crippen molar-refractivity contribution in [3.8, 4) is 0 Å². The number of nitrogens with one attached hydrogen (secondary N) is 1. The van der Waals surface area contributed by atoms with E-state index in [2.05, 4.69) is 24.4 Å². The number of aromatic nitrogens is 3. The molecular formula is C8H12N6O3S2. The van der Waals surface area contributed by atoms with Crippen molar-refractivity contribution in [3.63, 3.8) is 0 Å². The van der Waals surface area contributed by atoms with Gasteiger partial charge in [0, 0.05) is 14.1 Å². The van der Waals surface area contributed by atoms with Crippen LogP contribution in [0.5, 0.6) is 0 Å². The first-order chi connectivity index (χ1) is 8.93. The van der Waals surface area contributed by atoms with Crippen molar-refractivity contribution < 1.29 is 12.9 Å². The summed E-state index contributed by atoms with van der Waals surface area (Å²) in [6.45, 7) is 0.216. The van der Waals surface area contributed by atoms with E-state index in [1.807, 2.05) is 0 Å². The van der Waals surface area contributed by atoms with Gasteiger partial charge in [0.1, 0.15) is 5.00 Å². The van der Waals surface area contributed by atoms with E-state index >= 15 is 0 Å². The molecule has 0 unspecified atom stereocenters. The fourth-order valence-electron chi connectivity index (χ4n) is 1.27. The van der Waals surface area contributed by atoms with Gasteiger partial charge in [-0.2, -0.15) is 9.36 Å².